The topological polar surface area (TPSA) is 86.8 Å². The van der Waals surface area contributed by atoms with Crippen molar-refractivity contribution in [3.63, 3.8) is 0 Å². The molecule has 1 unspecified atom stereocenters. The van der Waals surface area contributed by atoms with Crippen LogP contribution in [0.4, 0.5) is 5.69 Å². The quantitative estimate of drug-likeness (QED) is 0.491. The maximum atomic E-state index is 13.4. The summed E-state index contributed by atoms with van der Waals surface area (Å²) in [6.45, 7) is 3.37. The summed E-state index contributed by atoms with van der Waals surface area (Å²) < 4.78 is 26.0. The molecule has 0 radical (unpaired) electrons. The van der Waals surface area contributed by atoms with Crippen molar-refractivity contribution in [2.75, 3.05) is 23.7 Å². The number of carbonyl (C=O) groups is 2. The van der Waals surface area contributed by atoms with Gasteiger partial charge in [0.25, 0.3) is 0 Å². The van der Waals surface area contributed by atoms with Gasteiger partial charge in [-0.2, -0.15) is 0 Å². The van der Waals surface area contributed by atoms with Gasteiger partial charge in [0, 0.05) is 23.1 Å². The van der Waals surface area contributed by atoms with Crippen LogP contribution in [0.15, 0.2) is 42.5 Å². The fourth-order valence-corrected chi connectivity index (χ4v) is 4.68. The van der Waals surface area contributed by atoms with Crippen molar-refractivity contribution in [2.24, 2.45) is 0 Å². The van der Waals surface area contributed by atoms with E-state index >= 15 is 0 Å². The van der Waals surface area contributed by atoms with Crippen molar-refractivity contribution >= 4 is 62.3 Å². The monoisotopic (exact) mass is 533 g/mol. The molecule has 0 saturated carbocycles. The largest absolute Gasteiger partial charge is 0.354 e. The SMILES string of the molecule is CCCNC(=O)C(C)N(Cc1ccc(Cl)cc1Cl)C(=O)CN(c1ccccc1Cl)S(C)(=O)=O. The first kappa shape index (κ1) is 27.2. The van der Waals surface area contributed by atoms with Crippen molar-refractivity contribution in [3.05, 3.63) is 63.1 Å². The normalized spacial score (nSPS) is 12.2. The van der Waals surface area contributed by atoms with Crippen LogP contribution in [0.3, 0.4) is 0 Å². The van der Waals surface area contributed by atoms with E-state index in [-0.39, 0.29) is 23.2 Å². The number of hydrogen-bond acceptors (Lipinski definition) is 4. The summed E-state index contributed by atoms with van der Waals surface area (Å²) in [5, 5.41) is 3.69. The minimum absolute atomic E-state index is 0.0182. The number of benzene rings is 2. The van der Waals surface area contributed by atoms with Crippen LogP contribution < -0.4 is 9.62 Å². The average molecular weight is 535 g/mol. The van der Waals surface area contributed by atoms with Gasteiger partial charge in [-0.15, -0.1) is 0 Å². The van der Waals surface area contributed by atoms with Gasteiger partial charge in [-0.25, -0.2) is 8.42 Å². The van der Waals surface area contributed by atoms with Crippen LogP contribution in [0.5, 0.6) is 0 Å². The summed E-state index contributed by atoms with van der Waals surface area (Å²) in [5.41, 5.74) is 0.732. The molecular weight excluding hydrogens is 509 g/mol. The third-order valence-corrected chi connectivity index (χ3v) is 6.91. The maximum absolute atomic E-state index is 13.4. The van der Waals surface area contributed by atoms with Crippen LogP contribution in [0.2, 0.25) is 15.1 Å². The Morgan fingerprint density at radius 1 is 1.06 bits per heavy atom. The number of para-hydroxylation sites is 1. The van der Waals surface area contributed by atoms with Gasteiger partial charge in [0.2, 0.25) is 21.8 Å². The number of amides is 2. The second-order valence-corrected chi connectivity index (χ2v) is 10.6. The highest BCUT2D eigenvalue weighted by molar-refractivity contribution is 7.92. The summed E-state index contributed by atoms with van der Waals surface area (Å²) in [4.78, 5) is 27.4. The van der Waals surface area contributed by atoms with Crippen LogP contribution in [-0.2, 0) is 26.2 Å². The molecule has 2 aromatic carbocycles. The zero-order valence-corrected chi connectivity index (χ0v) is 21.6. The number of hydrogen-bond donors (Lipinski definition) is 1. The molecule has 33 heavy (non-hydrogen) atoms. The lowest BCUT2D eigenvalue weighted by molar-refractivity contribution is -0.139. The molecule has 0 aromatic heterocycles. The number of sulfonamides is 1. The summed E-state index contributed by atoms with van der Waals surface area (Å²) in [6.07, 6.45) is 1.71. The van der Waals surface area contributed by atoms with E-state index < -0.39 is 28.5 Å². The molecule has 1 atom stereocenters. The first-order chi connectivity index (χ1) is 15.5. The standard InChI is InChI=1S/C22H26Cl3N3O4S/c1-4-11-26-22(30)15(2)27(13-16-9-10-17(23)12-19(16)25)21(29)14-28(33(3,31)32)20-8-6-5-7-18(20)24/h5-10,12,15H,4,11,13-14H2,1-3H3,(H,26,30). The third kappa shape index (κ3) is 7.50. The predicted molar refractivity (Wildman–Crippen MR) is 133 cm³/mol. The fourth-order valence-electron chi connectivity index (χ4n) is 3.06. The first-order valence-corrected chi connectivity index (χ1v) is 13.2. The number of nitrogens with zero attached hydrogens (tertiary/aromatic N) is 2. The third-order valence-electron chi connectivity index (χ3n) is 4.87. The Kier molecular flexibility index (Phi) is 9.84. The van der Waals surface area contributed by atoms with E-state index in [1.807, 2.05) is 6.92 Å². The van der Waals surface area contributed by atoms with E-state index in [1.165, 1.54) is 23.1 Å². The fraction of sp³-hybridized carbons (Fsp3) is 0.364. The predicted octanol–water partition coefficient (Wildman–Crippen LogP) is 4.36. The van der Waals surface area contributed by atoms with E-state index in [0.29, 0.717) is 22.2 Å². The number of rotatable bonds is 10. The Morgan fingerprint density at radius 2 is 1.73 bits per heavy atom. The van der Waals surface area contributed by atoms with Gasteiger partial charge in [-0.05, 0) is 43.2 Å². The number of halogens is 3. The van der Waals surface area contributed by atoms with Crippen LogP contribution in [0, 0.1) is 0 Å². The molecule has 2 rings (SSSR count). The van der Waals surface area contributed by atoms with Crippen LogP contribution in [0.25, 0.3) is 0 Å². The molecule has 0 bridgehead atoms. The molecule has 1 N–H and O–H groups in total. The van der Waals surface area contributed by atoms with Gasteiger partial charge in [-0.1, -0.05) is 59.9 Å². The molecule has 0 spiro atoms. The second-order valence-electron chi connectivity index (χ2n) is 7.45. The molecule has 2 amide bonds. The molecule has 0 aliphatic carbocycles. The second kappa shape index (κ2) is 11.9. The summed E-state index contributed by atoms with van der Waals surface area (Å²) in [7, 11) is -3.86. The van der Waals surface area contributed by atoms with Crippen LogP contribution in [0.1, 0.15) is 25.8 Å². The Bertz CT molecular complexity index is 1110. The molecule has 0 saturated heterocycles. The Balaban J connectivity index is 2.42. The maximum Gasteiger partial charge on any atom is 0.244 e. The lowest BCUT2D eigenvalue weighted by atomic mass is 10.1. The molecule has 0 aliphatic heterocycles. The van der Waals surface area contributed by atoms with Crippen LogP contribution in [-0.4, -0.2) is 50.5 Å². The van der Waals surface area contributed by atoms with Gasteiger partial charge in [0.05, 0.1) is 17.0 Å². The van der Waals surface area contributed by atoms with E-state index in [4.69, 9.17) is 34.8 Å². The summed E-state index contributed by atoms with van der Waals surface area (Å²) in [6, 6.07) is 10.3. The highest BCUT2D eigenvalue weighted by Crippen LogP contribution is 2.28. The molecule has 0 heterocycles. The molecule has 11 heteroatoms. The van der Waals surface area contributed by atoms with Crippen molar-refractivity contribution < 1.29 is 18.0 Å². The minimum atomic E-state index is -3.86. The van der Waals surface area contributed by atoms with Crippen molar-refractivity contribution in [3.8, 4) is 0 Å². The summed E-state index contributed by atoms with van der Waals surface area (Å²) in [5.74, 6) is -0.954. The van der Waals surface area contributed by atoms with Crippen molar-refractivity contribution in [1.29, 1.82) is 0 Å². The van der Waals surface area contributed by atoms with E-state index in [0.717, 1.165) is 17.0 Å². The molecular formula is C22H26Cl3N3O4S. The van der Waals surface area contributed by atoms with Crippen LogP contribution >= 0.6 is 34.8 Å². The van der Waals surface area contributed by atoms with Crippen molar-refractivity contribution in [2.45, 2.75) is 32.9 Å². The number of nitrogens with one attached hydrogen (secondary N) is 1. The van der Waals surface area contributed by atoms with E-state index in [2.05, 4.69) is 5.32 Å². The van der Waals surface area contributed by atoms with E-state index in [1.54, 1.807) is 31.2 Å². The molecule has 180 valence electrons. The molecule has 0 aliphatic rings. The molecule has 7 nitrogen and oxygen atoms in total. The van der Waals surface area contributed by atoms with Gasteiger partial charge >= 0.3 is 0 Å². The van der Waals surface area contributed by atoms with Crippen molar-refractivity contribution in [1.82, 2.24) is 10.2 Å². The van der Waals surface area contributed by atoms with E-state index in [9.17, 15) is 18.0 Å². The lowest BCUT2D eigenvalue weighted by Gasteiger charge is -2.32. The number of carbonyl (C=O) groups excluding carboxylic acids is 2. The average Bonchev–Trinajstić information content (AvgIpc) is 2.74. The zero-order chi connectivity index (χ0) is 24.8. The van der Waals surface area contributed by atoms with Gasteiger partial charge in [0.1, 0.15) is 12.6 Å². The molecule has 2 aromatic rings. The summed E-state index contributed by atoms with van der Waals surface area (Å²) >= 11 is 18.5. The van der Waals surface area contributed by atoms with Gasteiger partial charge < -0.3 is 10.2 Å². The van der Waals surface area contributed by atoms with Gasteiger partial charge in [0.15, 0.2) is 0 Å². The zero-order valence-electron chi connectivity index (χ0n) is 18.5. The first-order valence-electron chi connectivity index (χ1n) is 10.2. The Hall–Kier alpha value is -2.00. The highest BCUT2D eigenvalue weighted by atomic mass is 35.5. The Morgan fingerprint density at radius 3 is 2.30 bits per heavy atom. The van der Waals surface area contributed by atoms with Gasteiger partial charge in [-0.3, -0.25) is 13.9 Å². The smallest absolute Gasteiger partial charge is 0.244 e. The lowest BCUT2D eigenvalue weighted by Crippen LogP contribution is -2.51. The minimum Gasteiger partial charge on any atom is -0.354 e. The molecule has 0 fully saturated rings. The highest BCUT2D eigenvalue weighted by Gasteiger charge is 2.31. The number of anilines is 1. The Labute approximate surface area is 209 Å².